The monoisotopic (exact) mass is 333 g/mol. The molecule has 0 spiro atoms. The molecule has 1 aliphatic carbocycles. The fourth-order valence-electron chi connectivity index (χ4n) is 4.12. The molecule has 0 N–H and O–H groups in total. The first kappa shape index (κ1) is 15.1. The lowest BCUT2D eigenvalue weighted by molar-refractivity contribution is 1.17. The third kappa shape index (κ3) is 2.14. The van der Waals surface area contributed by atoms with Crippen LogP contribution >= 0.6 is 0 Å². The molecule has 5 rings (SSSR count). The van der Waals surface area contributed by atoms with Crippen molar-refractivity contribution in [2.45, 2.75) is 13.8 Å². The van der Waals surface area contributed by atoms with Gasteiger partial charge in [-0.25, -0.2) is 0 Å². The SMILES string of the molecule is CC1=C(/c2ccccc2C)c2cccc3c2/C(=c2/cccc/c2=N/1)C=C3. The minimum Gasteiger partial charge on any atom is -0.252 e. The van der Waals surface area contributed by atoms with Gasteiger partial charge in [0.25, 0.3) is 0 Å². The topological polar surface area (TPSA) is 12.4 Å². The molecular formula is C25H19N. The van der Waals surface area contributed by atoms with Crippen LogP contribution in [0.15, 0.2) is 83.5 Å². The molecule has 0 bridgehead atoms. The van der Waals surface area contributed by atoms with Gasteiger partial charge in [-0.05, 0) is 53.3 Å². The third-order valence-corrected chi connectivity index (χ3v) is 5.32. The van der Waals surface area contributed by atoms with E-state index in [9.17, 15) is 0 Å². The van der Waals surface area contributed by atoms with E-state index in [1.165, 1.54) is 44.2 Å². The van der Waals surface area contributed by atoms with Crippen molar-refractivity contribution < 1.29 is 0 Å². The molecule has 0 radical (unpaired) electrons. The van der Waals surface area contributed by atoms with Crippen molar-refractivity contribution in [3.05, 3.63) is 117 Å². The molecule has 1 aliphatic heterocycles. The molecule has 1 heteroatoms. The van der Waals surface area contributed by atoms with Gasteiger partial charge >= 0.3 is 0 Å². The van der Waals surface area contributed by atoms with E-state index in [4.69, 9.17) is 4.99 Å². The van der Waals surface area contributed by atoms with Gasteiger partial charge in [0.15, 0.2) is 0 Å². The summed E-state index contributed by atoms with van der Waals surface area (Å²) in [6.45, 7) is 4.31. The van der Waals surface area contributed by atoms with Crippen molar-refractivity contribution >= 4 is 17.2 Å². The van der Waals surface area contributed by atoms with E-state index in [1.807, 2.05) is 0 Å². The molecule has 0 saturated carbocycles. The van der Waals surface area contributed by atoms with Crippen LogP contribution in [0.25, 0.3) is 17.2 Å². The Bertz CT molecular complexity index is 1240. The molecule has 0 atom stereocenters. The smallest absolute Gasteiger partial charge is 0.0711 e. The van der Waals surface area contributed by atoms with Crippen LogP contribution < -0.4 is 10.6 Å². The summed E-state index contributed by atoms with van der Waals surface area (Å²) in [5.41, 5.74) is 9.98. The highest BCUT2D eigenvalue weighted by molar-refractivity contribution is 5.98. The van der Waals surface area contributed by atoms with E-state index >= 15 is 0 Å². The largest absolute Gasteiger partial charge is 0.252 e. The Kier molecular flexibility index (Phi) is 3.29. The summed E-state index contributed by atoms with van der Waals surface area (Å²) in [7, 11) is 0. The fraction of sp³-hybridized carbons (Fsp3) is 0.0800. The Hall–Kier alpha value is -3.19. The van der Waals surface area contributed by atoms with Crippen LogP contribution in [-0.4, -0.2) is 0 Å². The zero-order valence-corrected chi connectivity index (χ0v) is 15.0. The van der Waals surface area contributed by atoms with Crippen molar-refractivity contribution in [3.8, 4) is 0 Å². The summed E-state index contributed by atoms with van der Waals surface area (Å²) in [5, 5.41) is 2.25. The first-order valence-corrected chi connectivity index (χ1v) is 9.01. The Morgan fingerprint density at radius 1 is 0.692 bits per heavy atom. The Morgan fingerprint density at radius 3 is 2.35 bits per heavy atom. The fourth-order valence-corrected chi connectivity index (χ4v) is 4.12. The van der Waals surface area contributed by atoms with E-state index in [0.717, 1.165) is 11.1 Å². The Morgan fingerprint density at radius 2 is 1.46 bits per heavy atom. The van der Waals surface area contributed by atoms with Crippen LogP contribution in [0.5, 0.6) is 0 Å². The summed E-state index contributed by atoms with van der Waals surface area (Å²) in [5.74, 6) is 0. The standard InChI is InChI=1S/C25H19N/c1-16-8-3-4-10-19(16)24-17(2)26-23-13-6-5-11-20(23)21-15-14-18-9-7-12-22(24)25(18)21/h3-15H,1-2H3/b21-20-,24-17-,24-22?,26-17?,26-23-. The van der Waals surface area contributed by atoms with Crippen molar-refractivity contribution in [1.29, 1.82) is 0 Å². The predicted octanol–water partition coefficient (Wildman–Crippen LogP) is 4.63. The minimum atomic E-state index is 1.04. The van der Waals surface area contributed by atoms with Crippen molar-refractivity contribution in [3.63, 3.8) is 0 Å². The van der Waals surface area contributed by atoms with Gasteiger partial charge in [0.1, 0.15) is 0 Å². The molecule has 0 saturated heterocycles. The number of para-hydroxylation sites is 1. The van der Waals surface area contributed by atoms with Crippen molar-refractivity contribution in [1.82, 2.24) is 0 Å². The first-order chi connectivity index (χ1) is 12.7. The highest BCUT2D eigenvalue weighted by Crippen LogP contribution is 2.39. The second-order valence-electron chi connectivity index (χ2n) is 6.92. The highest BCUT2D eigenvalue weighted by Gasteiger charge is 2.22. The van der Waals surface area contributed by atoms with Gasteiger partial charge in [-0.1, -0.05) is 72.8 Å². The van der Waals surface area contributed by atoms with Crippen LogP contribution in [0.2, 0.25) is 0 Å². The van der Waals surface area contributed by atoms with Crippen LogP contribution in [0.3, 0.4) is 0 Å². The summed E-state index contributed by atoms with van der Waals surface area (Å²) in [4.78, 5) is 5.04. The van der Waals surface area contributed by atoms with Crippen LogP contribution in [0.1, 0.15) is 34.7 Å². The summed E-state index contributed by atoms with van der Waals surface area (Å²) in [6, 6.07) is 23.6. The van der Waals surface area contributed by atoms with Gasteiger partial charge in [-0.15, -0.1) is 0 Å². The average Bonchev–Trinajstić information content (AvgIpc) is 3.08. The lowest BCUT2D eigenvalue weighted by Gasteiger charge is -2.19. The van der Waals surface area contributed by atoms with Crippen LogP contribution in [-0.2, 0) is 0 Å². The molecule has 124 valence electrons. The van der Waals surface area contributed by atoms with Gasteiger partial charge in [0, 0.05) is 16.5 Å². The molecule has 1 heterocycles. The quantitative estimate of drug-likeness (QED) is 0.615. The Labute approximate surface area is 153 Å². The molecule has 0 amide bonds. The van der Waals surface area contributed by atoms with Gasteiger partial charge in [-0.3, -0.25) is 4.99 Å². The maximum atomic E-state index is 5.04. The number of hydrogen-bond acceptors (Lipinski definition) is 1. The van der Waals surface area contributed by atoms with Crippen molar-refractivity contribution in [2.75, 3.05) is 0 Å². The van der Waals surface area contributed by atoms with E-state index in [0.29, 0.717) is 0 Å². The summed E-state index contributed by atoms with van der Waals surface area (Å²) < 4.78 is 0. The first-order valence-electron chi connectivity index (χ1n) is 9.01. The zero-order chi connectivity index (χ0) is 17.7. The van der Waals surface area contributed by atoms with Gasteiger partial charge in [-0.2, -0.15) is 0 Å². The number of nitrogens with zero attached hydrogens (tertiary/aromatic N) is 1. The number of benzene rings is 3. The molecule has 0 fully saturated rings. The molecular weight excluding hydrogens is 314 g/mol. The second-order valence-corrected chi connectivity index (χ2v) is 6.92. The maximum Gasteiger partial charge on any atom is 0.0711 e. The summed E-state index contributed by atoms with van der Waals surface area (Å²) in [6.07, 6.45) is 4.46. The second kappa shape index (κ2) is 5.67. The van der Waals surface area contributed by atoms with E-state index in [-0.39, 0.29) is 0 Å². The predicted molar refractivity (Wildman–Crippen MR) is 108 cm³/mol. The molecule has 2 aliphatic rings. The third-order valence-electron chi connectivity index (χ3n) is 5.32. The number of fused-ring (bicyclic) bond motifs is 1. The molecule has 3 aromatic rings. The summed E-state index contributed by atoms with van der Waals surface area (Å²) >= 11 is 0. The van der Waals surface area contributed by atoms with Gasteiger partial charge in [0.05, 0.1) is 5.36 Å². The molecule has 0 aromatic heterocycles. The van der Waals surface area contributed by atoms with Gasteiger partial charge < -0.3 is 0 Å². The lowest BCUT2D eigenvalue weighted by atomic mass is 9.86. The molecule has 3 aromatic carbocycles. The molecule has 1 nitrogen and oxygen atoms in total. The molecule has 26 heavy (non-hydrogen) atoms. The van der Waals surface area contributed by atoms with Crippen molar-refractivity contribution in [2.24, 2.45) is 4.99 Å². The van der Waals surface area contributed by atoms with E-state index < -0.39 is 0 Å². The average molecular weight is 333 g/mol. The minimum absolute atomic E-state index is 1.04. The highest BCUT2D eigenvalue weighted by atomic mass is 14.7. The van der Waals surface area contributed by atoms with E-state index in [1.54, 1.807) is 0 Å². The number of hydrogen-bond donors (Lipinski definition) is 0. The van der Waals surface area contributed by atoms with Crippen LogP contribution in [0.4, 0.5) is 0 Å². The lowest BCUT2D eigenvalue weighted by Crippen LogP contribution is -2.28. The number of aryl methyl sites for hydroxylation is 1. The normalized spacial score (nSPS) is 20.6. The van der Waals surface area contributed by atoms with Crippen LogP contribution in [0, 0.1) is 6.92 Å². The molecule has 0 unspecified atom stereocenters. The Balaban J connectivity index is 2.00. The van der Waals surface area contributed by atoms with Gasteiger partial charge in [0.2, 0.25) is 0 Å². The zero-order valence-electron chi connectivity index (χ0n) is 15.0. The number of allylic oxidation sites excluding steroid dienone is 2. The van der Waals surface area contributed by atoms with E-state index in [2.05, 4.69) is 92.7 Å². The number of rotatable bonds is 1. The maximum absolute atomic E-state index is 5.04.